The highest BCUT2D eigenvalue weighted by atomic mass is 35.5. The summed E-state index contributed by atoms with van der Waals surface area (Å²) >= 11 is 6.17. The minimum Gasteiger partial charge on any atom is -0.349 e. The number of amides is 2. The lowest BCUT2D eigenvalue weighted by atomic mass is 9.63. The van der Waals surface area contributed by atoms with E-state index in [1.807, 2.05) is 29.2 Å². The number of carbonyl (C=O) groups is 2. The van der Waals surface area contributed by atoms with Gasteiger partial charge in [0, 0.05) is 36.5 Å². The van der Waals surface area contributed by atoms with Crippen LogP contribution in [0.15, 0.2) is 48.8 Å². The maximum atomic E-state index is 13.4. The third kappa shape index (κ3) is 3.63. The van der Waals surface area contributed by atoms with Gasteiger partial charge >= 0.3 is 0 Å². The Kier molecular flexibility index (Phi) is 5.36. The first kappa shape index (κ1) is 18.9. The van der Waals surface area contributed by atoms with E-state index >= 15 is 0 Å². The second kappa shape index (κ2) is 7.92. The molecular formula is C22H24ClN3O2. The van der Waals surface area contributed by atoms with E-state index in [1.165, 1.54) is 0 Å². The normalized spacial score (nSPS) is 19.0. The van der Waals surface area contributed by atoms with Crippen LogP contribution in [0.3, 0.4) is 0 Å². The number of nitrogens with one attached hydrogen (secondary N) is 1. The fourth-order valence-corrected chi connectivity index (χ4v) is 4.43. The van der Waals surface area contributed by atoms with Crippen molar-refractivity contribution in [2.24, 2.45) is 0 Å². The van der Waals surface area contributed by atoms with Crippen LogP contribution in [0.25, 0.3) is 0 Å². The van der Waals surface area contributed by atoms with Crippen molar-refractivity contribution in [2.75, 3.05) is 13.1 Å². The molecule has 28 heavy (non-hydrogen) atoms. The van der Waals surface area contributed by atoms with E-state index in [4.69, 9.17) is 11.6 Å². The third-order valence-electron chi connectivity index (χ3n) is 6.03. The Morgan fingerprint density at radius 1 is 1.14 bits per heavy atom. The van der Waals surface area contributed by atoms with Gasteiger partial charge in [-0.05, 0) is 55.5 Å². The summed E-state index contributed by atoms with van der Waals surface area (Å²) in [7, 11) is 0. The number of nitrogens with zero attached hydrogens (tertiary/aromatic N) is 2. The summed E-state index contributed by atoms with van der Waals surface area (Å²) in [5.41, 5.74) is 1.18. The first-order valence-corrected chi connectivity index (χ1v) is 10.2. The molecule has 1 saturated heterocycles. The number of pyridine rings is 1. The average molecular weight is 398 g/mol. The van der Waals surface area contributed by atoms with Crippen molar-refractivity contribution in [2.45, 2.75) is 43.6 Å². The fraction of sp³-hybridized carbons (Fsp3) is 0.409. The van der Waals surface area contributed by atoms with Crippen molar-refractivity contribution in [3.05, 3.63) is 64.9 Å². The maximum Gasteiger partial charge on any atom is 0.253 e. The minimum atomic E-state index is -0.420. The average Bonchev–Trinajstić information content (AvgIpc) is 2.68. The van der Waals surface area contributed by atoms with Crippen LogP contribution >= 0.6 is 11.6 Å². The van der Waals surface area contributed by atoms with Crippen LogP contribution in [0.4, 0.5) is 0 Å². The van der Waals surface area contributed by atoms with Gasteiger partial charge in [-0.25, -0.2) is 0 Å². The molecule has 2 aromatic rings. The Labute approximate surface area is 170 Å². The number of rotatable bonds is 4. The molecule has 0 unspecified atom stereocenters. The Morgan fingerprint density at radius 2 is 1.93 bits per heavy atom. The van der Waals surface area contributed by atoms with E-state index in [-0.39, 0.29) is 17.9 Å². The van der Waals surface area contributed by atoms with Crippen LogP contribution in [0.1, 0.15) is 48.0 Å². The molecule has 1 aromatic heterocycles. The second-order valence-corrected chi connectivity index (χ2v) is 8.16. The number of hydrogen-bond donors (Lipinski definition) is 1. The van der Waals surface area contributed by atoms with Crippen molar-refractivity contribution in [3.63, 3.8) is 0 Å². The molecule has 0 spiro atoms. The first-order chi connectivity index (χ1) is 13.6. The fourth-order valence-electron chi connectivity index (χ4n) is 4.24. The zero-order valence-electron chi connectivity index (χ0n) is 15.7. The SMILES string of the molecule is O=C(NC1CCN(C(=O)C2(c3cccc(Cl)c3)CCC2)CC1)c1cccnc1. The van der Waals surface area contributed by atoms with Crippen molar-refractivity contribution in [1.82, 2.24) is 15.2 Å². The molecule has 146 valence electrons. The number of hydrogen-bond acceptors (Lipinski definition) is 3. The van der Waals surface area contributed by atoms with E-state index in [0.29, 0.717) is 23.7 Å². The molecular weight excluding hydrogens is 374 g/mol. The summed E-state index contributed by atoms with van der Waals surface area (Å²) in [6, 6.07) is 11.3. The van der Waals surface area contributed by atoms with Gasteiger partial charge in [0.15, 0.2) is 0 Å². The molecule has 1 saturated carbocycles. The third-order valence-corrected chi connectivity index (χ3v) is 6.27. The van der Waals surface area contributed by atoms with Crippen molar-refractivity contribution in [1.29, 1.82) is 0 Å². The Hall–Kier alpha value is -2.40. The summed E-state index contributed by atoms with van der Waals surface area (Å²) in [4.78, 5) is 31.6. The molecule has 1 aromatic carbocycles. The summed E-state index contributed by atoms with van der Waals surface area (Å²) in [6.07, 6.45) is 7.58. The van der Waals surface area contributed by atoms with Crippen molar-refractivity contribution >= 4 is 23.4 Å². The van der Waals surface area contributed by atoms with Gasteiger partial charge < -0.3 is 10.2 Å². The predicted molar refractivity (Wildman–Crippen MR) is 108 cm³/mol. The van der Waals surface area contributed by atoms with Crippen LogP contribution in [0.5, 0.6) is 0 Å². The molecule has 4 rings (SSSR count). The van der Waals surface area contributed by atoms with Gasteiger partial charge in [-0.2, -0.15) is 0 Å². The highest BCUT2D eigenvalue weighted by molar-refractivity contribution is 6.30. The van der Waals surface area contributed by atoms with Gasteiger partial charge in [-0.3, -0.25) is 14.6 Å². The number of piperidine rings is 1. The number of carbonyl (C=O) groups excluding carboxylic acids is 2. The van der Waals surface area contributed by atoms with Crippen molar-refractivity contribution < 1.29 is 9.59 Å². The van der Waals surface area contributed by atoms with Crippen LogP contribution in [-0.4, -0.2) is 40.8 Å². The molecule has 2 fully saturated rings. The molecule has 1 aliphatic carbocycles. The Bertz CT molecular complexity index is 859. The number of benzene rings is 1. The Morgan fingerprint density at radius 3 is 2.54 bits per heavy atom. The zero-order chi connectivity index (χ0) is 19.6. The summed E-state index contributed by atoms with van der Waals surface area (Å²) < 4.78 is 0. The van der Waals surface area contributed by atoms with Crippen LogP contribution in [0, 0.1) is 0 Å². The smallest absolute Gasteiger partial charge is 0.253 e. The predicted octanol–water partition coefficient (Wildman–Crippen LogP) is 3.58. The lowest BCUT2D eigenvalue weighted by molar-refractivity contribution is -0.142. The highest BCUT2D eigenvalue weighted by Crippen LogP contribution is 2.46. The topological polar surface area (TPSA) is 62.3 Å². The van der Waals surface area contributed by atoms with E-state index < -0.39 is 5.41 Å². The molecule has 1 aliphatic heterocycles. The number of aromatic nitrogens is 1. The van der Waals surface area contributed by atoms with Gasteiger partial charge in [-0.1, -0.05) is 30.2 Å². The molecule has 0 radical (unpaired) electrons. The van der Waals surface area contributed by atoms with Crippen molar-refractivity contribution in [3.8, 4) is 0 Å². The van der Waals surface area contributed by atoms with Gasteiger partial charge in [0.25, 0.3) is 5.91 Å². The van der Waals surface area contributed by atoms with E-state index in [0.717, 1.165) is 37.7 Å². The quantitative estimate of drug-likeness (QED) is 0.857. The summed E-state index contributed by atoms with van der Waals surface area (Å²) in [5, 5.41) is 3.74. The number of halogens is 1. The van der Waals surface area contributed by atoms with E-state index in [9.17, 15) is 9.59 Å². The van der Waals surface area contributed by atoms with E-state index in [2.05, 4.69) is 10.3 Å². The molecule has 6 heteroatoms. The molecule has 1 N–H and O–H groups in total. The monoisotopic (exact) mass is 397 g/mol. The molecule has 5 nitrogen and oxygen atoms in total. The van der Waals surface area contributed by atoms with Gasteiger partial charge in [0.1, 0.15) is 0 Å². The molecule has 2 heterocycles. The molecule has 2 amide bonds. The van der Waals surface area contributed by atoms with Gasteiger partial charge in [0.2, 0.25) is 5.91 Å². The zero-order valence-corrected chi connectivity index (χ0v) is 16.5. The lowest BCUT2D eigenvalue weighted by Crippen LogP contribution is -2.55. The molecule has 2 aliphatic rings. The molecule has 0 bridgehead atoms. The van der Waals surface area contributed by atoms with Crippen LogP contribution < -0.4 is 5.32 Å². The van der Waals surface area contributed by atoms with Gasteiger partial charge in [0.05, 0.1) is 11.0 Å². The maximum absolute atomic E-state index is 13.4. The standard InChI is InChI=1S/C22H24ClN3O2/c23-18-6-1-5-17(14-18)22(9-3-10-22)21(28)26-12-7-19(8-13-26)25-20(27)16-4-2-11-24-15-16/h1-2,4-6,11,14-15,19H,3,7-10,12-13H2,(H,25,27). The van der Waals surface area contributed by atoms with Crippen LogP contribution in [0.2, 0.25) is 5.02 Å². The second-order valence-electron chi connectivity index (χ2n) is 7.73. The molecule has 0 atom stereocenters. The minimum absolute atomic E-state index is 0.0836. The summed E-state index contributed by atoms with van der Waals surface area (Å²) in [6.45, 7) is 1.33. The van der Waals surface area contributed by atoms with Crippen LogP contribution in [-0.2, 0) is 10.2 Å². The first-order valence-electron chi connectivity index (χ1n) is 9.85. The van der Waals surface area contributed by atoms with Gasteiger partial charge in [-0.15, -0.1) is 0 Å². The number of likely N-dealkylation sites (tertiary alicyclic amines) is 1. The Balaban J connectivity index is 1.38. The highest BCUT2D eigenvalue weighted by Gasteiger charge is 2.48. The largest absolute Gasteiger partial charge is 0.349 e. The van der Waals surface area contributed by atoms with E-state index in [1.54, 1.807) is 24.5 Å². The lowest BCUT2D eigenvalue weighted by Gasteiger charge is -2.45. The summed E-state index contributed by atoms with van der Waals surface area (Å²) in [5.74, 6) is 0.102.